The first-order chi connectivity index (χ1) is 19.4. The highest BCUT2D eigenvalue weighted by atomic mass is 127. The minimum Gasteiger partial charge on any atom is -0.741 e. The summed E-state index contributed by atoms with van der Waals surface area (Å²) in [4.78, 5) is 0. The predicted molar refractivity (Wildman–Crippen MR) is 135 cm³/mol. The second-order valence-electron chi connectivity index (χ2n) is 8.22. The number of benzene rings is 2. The average molecular weight is 870 g/mol. The van der Waals surface area contributed by atoms with Crippen molar-refractivity contribution in [1.29, 1.82) is 0 Å². The highest BCUT2D eigenvalue weighted by molar-refractivity contribution is 7.86. The molecule has 42 heavy (non-hydrogen) atoms. The molecule has 0 amide bonds. The fourth-order valence-corrected chi connectivity index (χ4v) is 6.35. The third kappa shape index (κ3) is 20.7. The quantitative estimate of drug-likeness (QED) is 0.0821. The van der Waals surface area contributed by atoms with Crippen molar-refractivity contribution < 1.29 is 94.7 Å². The lowest BCUT2D eigenvalue weighted by Gasteiger charge is -2.08. The SMILES string of the molecule is CCCCCCCCCCC#C[I+]c1ccc([I+]c2ccccc2)cc1.O=S(=O)([O-])C(F)(F)F.O=S(=O)([O-])C(F)(F)F. The first kappa shape index (κ1) is 40.9. The molecule has 0 unspecified atom stereocenters. The summed E-state index contributed by atoms with van der Waals surface area (Å²) in [6.45, 7) is 2.28. The van der Waals surface area contributed by atoms with E-state index in [2.05, 4.69) is 71.4 Å². The first-order valence-electron chi connectivity index (χ1n) is 12.3. The molecule has 16 heteroatoms. The summed E-state index contributed by atoms with van der Waals surface area (Å²) in [7, 11) is -12.2. The zero-order valence-electron chi connectivity index (χ0n) is 22.3. The van der Waals surface area contributed by atoms with E-state index < -0.39 is 31.3 Å². The minimum absolute atomic E-state index is 0.0393. The Morgan fingerprint density at radius 3 is 1.45 bits per heavy atom. The average Bonchev–Trinajstić information content (AvgIpc) is 2.87. The molecule has 0 aromatic heterocycles. The lowest BCUT2D eigenvalue weighted by Crippen LogP contribution is -3.61. The Labute approximate surface area is 264 Å². The molecule has 2 rings (SSSR count). The summed E-state index contributed by atoms with van der Waals surface area (Å²) in [6, 6.07) is 20.1. The number of hydrogen-bond donors (Lipinski definition) is 0. The maximum atomic E-state index is 10.7. The molecule has 0 spiro atoms. The van der Waals surface area contributed by atoms with Gasteiger partial charge in [-0.2, -0.15) is 26.3 Å². The van der Waals surface area contributed by atoms with E-state index in [4.69, 9.17) is 25.9 Å². The van der Waals surface area contributed by atoms with Gasteiger partial charge in [-0.05, 0) is 48.7 Å². The van der Waals surface area contributed by atoms with Crippen LogP contribution in [0.2, 0.25) is 0 Å². The lowest BCUT2D eigenvalue weighted by atomic mass is 10.1. The molecule has 0 fully saturated rings. The van der Waals surface area contributed by atoms with E-state index in [1.165, 1.54) is 62.1 Å². The summed E-state index contributed by atoms with van der Waals surface area (Å²) in [6.07, 6.45) is 12.1. The number of unbranched alkanes of at least 4 members (excludes halogenated alkanes) is 8. The van der Waals surface area contributed by atoms with Gasteiger partial charge < -0.3 is 9.11 Å². The van der Waals surface area contributed by atoms with E-state index in [-0.39, 0.29) is 42.4 Å². The number of halogens is 8. The Hall–Kier alpha value is -1.14. The van der Waals surface area contributed by atoms with Crippen LogP contribution in [0, 0.1) is 20.6 Å². The van der Waals surface area contributed by atoms with Crippen LogP contribution < -0.4 is 42.4 Å². The summed E-state index contributed by atoms with van der Waals surface area (Å²) in [5.74, 6) is 3.41. The Balaban J connectivity index is 0.000000861. The van der Waals surface area contributed by atoms with Gasteiger partial charge in [0.15, 0.2) is 31.3 Å². The van der Waals surface area contributed by atoms with Crippen LogP contribution in [0.1, 0.15) is 64.7 Å². The van der Waals surface area contributed by atoms with Crippen LogP contribution in [0.4, 0.5) is 26.3 Å². The summed E-state index contributed by atoms with van der Waals surface area (Å²) < 4.78 is 126. The molecular formula is C26H30F6I2O6S2. The van der Waals surface area contributed by atoms with E-state index in [1.807, 2.05) is 0 Å². The highest BCUT2D eigenvalue weighted by Crippen LogP contribution is 2.21. The first-order valence-corrected chi connectivity index (χ1v) is 19.5. The molecule has 238 valence electrons. The number of alkyl halides is 6. The Bertz CT molecular complexity index is 1250. The van der Waals surface area contributed by atoms with Crippen molar-refractivity contribution in [3.63, 3.8) is 0 Å². The lowest BCUT2D eigenvalue weighted by molar-refractivity contribution is -0.598. The Morgan fingerprint density at radius 1 is 0.643 bits per heavy atom. The van der Waals surface area contributed by atoms with Gasteiger partial charge in [0.25, 0.3) is 0 Å². The summed E-state index contributed by atoms with van der Waals surface area (Å²) in [5.41, 5.74) is -11.3. The van der Waals surface area contributed by atoms with Gasteiger partial charge in [-0.25, -0.2) is 16.8 Å². The van der Waals surface area contributed by atoms with Gasteiger partial charge in [-0.3, -0.25) is 0 Å². The zero-order chi connectivity index (χ0) is 32.3. The van der Waals surface area contributed by atoms with Gasteiger partial charge >= 0.3 is 53.4 Å². The maximum absolute atomic E-state index is 10.7. The second-order valence-corrected chi connectivity index (χ2v) is 16.3. The van der Waals surface area contributed by atoms with Crippen molar-refractivity contribution in [2.24, 2.45) is 0 Å². The molecular weight excluding hydrogens is 840 g/mol. The van der Waals surface area contributed by atoms with E-state index in [0.717, 1.165) is 6.42 Å². The summed E-state index contributed by atoms with van der Waals surface area (Å²) >= 11 is -0.171. The number of rotatable bonds is 11. The normalized spacial score (nSPS) is 11.7. The maximum Gasteiger partial charge on any atom is 0.485 e. The predicted octanol–water partition coefficient (Wildman–Crippen LogP) is 0.668. The van der Waals surface area contributed by atoms with Crippen molar-refractivity contribution in [2.75, 3.05) is 0 Å². The molecule has 0 heterocycles. The van der Waals surface area contributed by atoms with E-state index in [9.17, 15) is 26.3 Å². The van der Waals surface area contributed by atoms with Gasteiger partial charge in [0.2, 0.25) is 3.57 Å². The molecule has 0 saturated heterocycles. The van der Waals surface area contributed by atoms with Gasteiger partial charge in [0, 0.05) is 6.42 Å². The minimum atomic E-state index is -6.09. The Kier molecular flexibility index (Phi) is 20.2. The Morgan fingerprint density at radius 2 is 1.02 bits per heavy atom. The van der Waals surface area contributed by atoms with Crippen molar-refractivity contribution >= 4 is 20.2 Å². The van der Waals surface area contributed by atoms with Crippen LogP contribution in [0.3, 0.4) is 0 Å². The molecule has 0 atom stereocenters. The molecule has 0 radical (unpaired) electrons. The third-order valence-electron chi connectivity index (χ3n) is 4.70. The van der Waals surface area contributed by atoms with Crippen LogP contribution in [0.25, 0.3) is 0 Å². The molecule has 0 bridgehead atoms. The monoisotopic (exact) mass is 870 g/mol. The van der Waals surface area contributed by atoms with Gasteiger partial charge in [0.1, 0.15) is 0 Å². The third-order valence-corrected chi connectivity index (χ3v) is 10.5. The van der Waals surface area contributed by atoms with Crippen molar-refractivity contribution in [1.82, 2.24) is 0 Å². The van der Waals surface area contributed by atoms with E-state index in [1.54, 1.807) is 0 Å². The smallest absolute Gasteiger partial charge is 0.485 e. The molecule has 0 aliphatic rings. The van der Waals surface area contributed by atoms with E-state index in [0.29, 0.717) is 0 Å². The van der Waals surface area contributed by atoms with Gasteiger partial charge in [-0.15, -0.1) is 0 Å². The van der Waals surface area contributed by atoms with Crippen LogP contribution in [-0.4, -0.2) is 37.0 Å². The fraction of sp³-hybridized carbons (Fsp3) is 0.462. The second kappa shape index (κ2) is 20.7. The molecule has 0 aliphatic carbocycles. The topological polar surface area (TPSA) is 114 Å². The standard InChI is InChI=1S/C24H30I2.2CHF3O3S/c1-2-3-4-5-6-7-8-9-10-14-21-25-22-17-19-24(20-18-22)26-23-15-12-11-13-16-23;2*2-1(3,4)8(5,6)7/h11-13,15-20H,2-10H2,1H3;2*(H,5,6,7)/q+2;;/p-2. The van der Waals surface area contributed by atoms with Crippen molar-refractivity contribution in [2.45, 2.75) is 75.7 Å². The van der Waals surface area contributed by atoms with Crippen LogP contribution in [0.5, 0.6) is 0 Å². The molecule has 0 aliphatic heterocycles. The molecule has 6 nitrogen and oxygen atoms in total. The van der Waals surface area contributed by atoms with Crippen LogP contribution in [-0.2, 0) is 20.2 Å². The molecule has 0 N–H and O–H groups in total. The highest BCUT2D eigenvalue weighted by Gasteiger charge is 2.37. The van der Waals surface area contributed by atoms with Crippen molar-refractivity contribution in [3.8, 4) is 9.85 Å². The molecule has 2 aromatic carbocycles. The molecule has 0 saturated carbocycles. The largest absolute Gasteiger partial charge is 0.741 e. The van der Waals surface area contributed by atoms with Crippen LogP contribution >= 0.6 is 0 Å². The molecule has 2 aromatic rings. The van der Waals surface area contributed by atoms with Crippen LogP contribution in [0.15, 0.2) is 54.6 Å². The van der Waals surface area contributed by atoms with Gasteiger partial charge in [0.05, 0.1) is 0 Å². The fourth-order valence-electron chi connectivity index (χ4n) is 2.64. The van der Waals surface area contributed by atoms with Crippen molar-refractivity contribution in [3.05, 3.63) is 65.3 Å². The summed E-state index contributed by atoms with van der Waals surface area (Å²) in [5, 5.41) is 0. The number of hydrogen-bond acceptors (Lipinski definition) is 6. The zero-order valence-corrected chi connectivity index (χ0v) is 28.3. The van der Waals surface area contributed by atoms with Gasteiger partial charge in [-0.1, -0.05) is 70.1 Å². The van der Waals surface area contributed by atoms with E-state index >= 15 is 0 Å².